The normalized spacial score (nSPS) is 12.8. The topological polar surface area (TPSA) is 83.7 Å². The molecule has 2 N–H and O–H groups in total. The zero-order valence-electron chi connectivity index (χ0n) is 14.9. The molecule has 0 fully saturated rings. The molecule has 0 radical (unpaired) electrons. The lowest BCUT2D eigenvalue weighted by Gasteiger charge is -2.21. The van der Waals surface area contributed by atoms with Crippen molar-refractivity contribution in [2.24, 2.45) is 11.7 Å². The Morgan fingerprint density at radius 1 is 1.21 bits per heavy atom. The molecule has 0 aliphatic rings. The van der Waals surface area contributed by atoms with Gasteiger partial charge in [-0.1, -0.05) is 19.9 Å². The molecule has 1 amide bonds. The number of hydrogen-bond donors (Lipinski definition) is 1. The van der Waals surface area contributed by atoms with Crippen LogP contribution in [0.25, 0.3) is 0 Å². The van der Waals surface area contributed by atoms with Gasteiger partial charge in [-0.25, -0.2) is 12.7 Å². The van der Waals surface area contributed by atoms with E-state index in [1.807, 2.05) is 13.8 Å². The van der Waals surface area contributed by atoms with Gasteiger partial charge in [-0.15, -0.1) is 12.4 Å². The van der Waals surface area contributed by atoms with Gasteiger partial charge >= 0.3 is 0 Å². The van der Waals surface area contributed by atoms with Crippen molar-refractivity contribution in [3.63, 3.8) is 0 Å². The molecule has 1 rings (SSSR count). The monoisotopic (exact) mass is 377 g/mol. The summed E-state index contributed by atoms with van der Waals surface area (Å²) in [7, 11) is 1.15. The van der Waals surface area contributed by atoms with Crippen LogP contribution in [-0.2, 0) is 10.0 Å². The molecule has 0 aromatic heterocycles. The van der Waals surface area contributed by atoms with E-state index in [2.05, 4.69) is 0 Å². The number of benzene rings is 1. The number of halogens is 1. The molecule has 0 spiro atoms. The minimum Gasteiger partial charge on any atom is -0.345 e. The lowest BCUT2D eigenvalue weighted by Crippen LogP contribution is -2.34. The predicted octanol–water partition coefficient (Wildman–Crippen LogP) is 1.80. The summed E-state index contributed by atoms with van der Waals surface area (Å²) >= 11 is 0. The van der Waals surface area contributed by atoms with Gasteiger partial charge in [0.05, 0.1) is 4.90 Å². The third-order valence-corrected chi connectivity index (χ3v) is 5.68. The number of carbonyl (C=O) groups excluding carboxylic acids is 1. The Bertz CT molecular complexity index is 648. The second-order valence-corrected chi connectivity index (χ2v) is 8.30. The number of sulfonamides is 1. The second kappa shape index (κ2) is 9.36. The summed E-state index contributed by atoms with van der Waals surface area (Å²) in [6, 6.07) is 6.05. The quantitative estimate of drug-likeness (QED) is 0.785. The molecule has 0 aliphatic heterocycles. The molecule has 1 atom stereocenters. The summed E-state index contributed by atoms with van der Waals surface area (Å²) in [5, 5.41) is 0. The highest BCUT2D eigenvalue weighted by Crippen LogP contribution is 2.17. The lowest BCUT2D eigenvalue weighted by atomic mass is 10.0. The molecular weight excluding hydrogens is 350 g/mol. The van der Waals surface area contributed by atoms with Crippen molar-refractivity contribution in [2.45, 2.75) is 31.2 Å². The summed E-state index contributed by atoms with van der Waals surface area (Å²) in [5.74, 6) is 0.0682. The van der Waals surface area contributed by atoms with E-state index in [1.165, 1.54) is 28.4 Å². The zero-order valence-corrected chi connectivity index (χ0v) is 16.5. The first-order valence-electron chi connectivity index (χ1n) is 7.61. The fraction of sp³-hybridized carbons (Fsp3) is 0.562. The molecule has 24 heavy (non-hydrogen) atoms. The summed E-state index contributed by atoms with van der Waals surface area (Å²) in [6.07, 6.45) is 0.587. The minimum absolute atomic E-state index is 0. The molecule has 8 heteroatoms. The van der Waals surface area contributed by atoms with Crippen LogP contribution in [-0.4, -0.2) is 57.3 Å². The number of carbonyl (C=O) groups is 1. The minimum atomic E-state index is -3.64. The number of rotatable bonds is 7. The molecule has 138 valence electrons. The maximum Gasteiger partial charge on any atom is 0.253 e. The van der Waals surface area contributed by atoms with Gasteiger partial charge < -0.3 is 10.6 Å². The standard InChI is InChI=1S/C16H27N3O3S.ClH/c1-12(2)15(17)9-10-19(5)23(21,22)14-8-6-7-13(11-14)16(20)18(3)4;/h6-8,11-12,15H,9-10,17H2,1-5H3;1H. The molecule has 0 bridgehead atoms. The number of nitrogens with two attached hydrogens (primary N) is 1. The van der Waals surface area contributed by atoms with Crippen molar-refractivity contribution < 1.29 is 13.2 Å². The van der Waals surface area contributed by atoms with Crippen LogP contribution in [0.3, 0.4) is 0 Å². The van der Waals surface area contributed by atoms with Gasteiger partial charge in [0.2, 0.25) is 10.0 Å². The number of amides is 1. The number of hydrogen-bond acceptors (Lipinski definition) is 4. The Morgan fingerprint density at radius 3 is 2.29 bits per heavy atom. The van der Waals surface area contributed by atoms with Crippen LogP contribution >= 0.6 is 12.4 Å². The van der Waals surface area contributed by atoms with Gasteiger partial charge in [-0.05, 0) is 30.5 Å². The van der Waals surface area contributed by atoms with Crippen molar-refractivity contribution in [2.75, 3.05) is 27.7 Å². The summed E-state index contributed by atoms with van der Waals surface area (Å²) in [5.41, 5.74) is 6.32. The Morgan fingerprint density at radius 2 is 1.79 bits per heavy atom. The van der Waals surface area contributed by atoms with Gasteiger partial charge in [0.1, 0.15) is 0 Å². The first-order chi connectivity index (χ1) is 10.6. The molecule has 0 aliphatic carbocycles. The summed E-state index contributed by atoms with van der Waals surface area (Å²) in [4.78, 5) is 13.5. The highest BCUT2D eigenvalue weighted by molar-refractivity contribution is 7.89. The van der Waals surface area contributed by atoms with Gasteiger partial charge in [-0.2, -0.15) is 0 Å². The van der Waals surface area contributed by atoms with Crippen LogP contribution in [0.2, 0.25) is 0 Å². The molecule has 1 aromatic rings. The van der Waals surface area contributed by atoms with E-state index in [0.717, 1.165) is 0 Å². The third-order valence-electron chi connectivity index (χ3n) is 3.83. The van der Waals surface area contributed by atoms with E-state index >= 15 is 0 Å². The van der Waals surface area contributed by atoms with Crippen molar-refractivity contribution in [1.82, 2.24) is 9.21 Å². The van der Waals surface area contributed by atoms with E-state index in [4.69, 9.17) is 5.73 Å². The van der Waals surface area contributed by atoms with Crippen LogP contribution in [0, 0.1) is 5.92 Å². The van der Waals surface area contributed by atoms with E-state index in [-0.39, 0.29) is 29.3 Å². The molecular formula is C16H28ClN3O3S. The van der Waals surface area contributed by atoms with Crippen molar-refractivity contribution in [3.05, 3.63) is 29.8 Å². The van der Waals surface area contributed by atoms with Crippen LogP contribution in [0.5, 0.6) is 0 Å². The van der Waals surface area contributed by atoms with Gasteiger partial charge in [-0.3, -0.25) is 4.79 Å². The first kappa shape index (κ1) is 22.9. The molecule has 0 saturated heterocycles. The third kappa shape index (κ3) is 5.73. The largest absolute Gasteiger partial charge is 0.345 e. The molecule has 1 aromatic carbocycles. The van der Waals surface area contributed by atoms with Crippen molar-refractivity contribution in [3.8, 4) is 0 Å². The Hall–Kier alpha value is -1.15. The highest BCUT2D eigenvalue weighted by atomic mass is 35.5. The second-order valence-electron chi connectivity index (χ2n) is 6.25. The van der Waals surface area contributed by atoms with E-state index in [9.17, 15) is 13.2 Å². The van der Waals surface area contributed by atoms with Crippen LogP contribution in [0.1, 0.15) is 30.6 Å². The van der Waals surface area contributed by atoms with Gasteiger partial charge in [0, 0.05) is 39.3 Å². The summed E-state index contributed by atoms with van der Waals surface area (Å²) in [6.45, 7) is 4.36. The highest BCUT2D eigenvalue weighted by Gasteiger charge is 2.23. The maximum absolute atomic E-state index is 12.6. The fourth-order valence-electron chi connectivity index (χ4n) is 2.01. The van der Waals surface area contributed by atoms with Crippen LogP contribution in [0.4, 0.5) is 0 Å². The van der Waals surface area contributed by atoms with Gasteiger partial charge in [0.15, 0.2) is 0 Å². The average Bonchev–Trinajstić information content (AvgIpc) is 2.51. The van der Waals surface area contributed by atoms with E-state index in [1.54, 1.807) is 26.2 Å². The van der Waals surface area contributed by atoms with Crippen molar-refractivity contribution in [1.29, 1.82) is 0 Å². The Labute approximate surface area is 151 Å². The van der Waals surface area contributed by atoms with Gasteiger partial charge in [0.25, 0.3) is 5.91 Å². The Kier molecular flexibility index (Phi) is 8.91. The van der Waals surface area contributed by atoms with Crippen LogP contribution in [0.15, 0.2) is 29.2 Å². The lowest BCUT2D eigenvalue weighted by molar-refractivity contribution is 0.0827. The van der Waals surface area contributed by atoms with E-state index in [0.29, 0.717) is 24.4 Å². The first-order valence-corrected chi connectivity index (χ1v) is 9.05. The molecule has 1 unspecified atom stereocenters. The number of nitrogens with zero attached hydrogens (tertiary/aromatic N) is 2. The van der Waals surface area contributed by atoms with Crippen LogP contribution < -0.4 is 5.73 Å². The maximum atomic E-state index is 12.6. The average molecular weight is 378 g/mol. The molecule has 0 saturated carbocycles. The smallest absolute Gasteiger partial charge is 0.253 e. The van der Waals surface area contributed by atoms with E-state index < -0.39 is 10.0 Å². The van der Waals surface area contributed by atoms with Crippen molar-refractivity contribution >= 4 is 28.3 Å². The fourth-order valence-corrected chi connectivity index (χ4v) is 3.24. The SMILES string of the molecule is CC(C)C(N)CCN(C)S(=O)(=O)c1cccc(C(=O)N(C)C)c1.Cl. The molecule has 0 heterocycles. The predicted molar refractivity (Wildman–Crippen MR) is 99.0 cm³/mol. The summed E-state index contributed by atoms with van der Waals surface area (Å²) < 4.78 is 26.5. The Balaban J connectivity index is 0.00000529. The molecule has 6 nitrogen and oxygen atoms in total. The zero-order chi connectivity index (χ0) is 17.8.